The van der Waals surface area contributed by atoms with Crippen LogP contribution in [0.5, 0.6) is 11.5 Å². The lowest BCUT2D eigenvalue weighted by atomic mass is 10.1. The Morgan fingerprint density at radius 2 is 1.92 bits per heavy atom. The second-order valence-electron chi connectivity index (χ2n) is 5.95. The number of aliphatic imine (C=N–C) groups is 1. The average Bonchev–Trinajstić information content (AvgIpc) is 2.82. The molecule has 0 atom stereocenters. The van der Waals surface area contributed by atoms with E-state index in [1.165, 1.54) is 38.5 Å². The molecule has 0 radical (unpaired) electrons. The van der Waals surface area contributed by atoms with Crippen molar-refractivity contribution in [1.82, 2.24) is 5.32 Å². The summed E-state index contributed by atoms with van der Waals surface area (Å²) < 4.78 is 10.9. The molecule has 0 amide bonds. The predicted octanol–water partition coefficient (Wildman–Crippen LogP) is 3.84. The Bertz CT molecular complexity index is 515. The van der Waals surface area contributed by atoms with Gasteiger partial charge in [0.25, 0.3) is 0 Å². The lowest BCUT2D eigenvalue weighted by Crippen LogP contribution is -2.39. The van der Waals surface area contributed by atoms with Gasteiger partial charge < -0.3 is 20.5 Å². The number of nitrogens with one attached hydrogen (secondary N) is 1. The summed E-state index contributed by atoms with van der Waals surface area (Å²) in [6, 6.07) is 6.33. The molecule has 1 saturated carbocycles. The Labute approximate surface area is 162 Å². The molecule has 0 aliphatic heterocycles. The van der Waals surface area contributed by atoms with Crippen molar-refractivity contribution in [3.63, 3.8) is 0 Å². The third kappa shape index (κ3) is 6.75. The number of ether oxygens (including phenoxy) is 2. The number of halogens is 1. The highest BCUT2D eigenvalue weighted by atomic mass is 127. The zero-order chi connectivity index (χ0) is 16.5. The van der Waals surface area contributed by atoms with E-state index in [0.29, 0.717) is 25.2 Å². The van der Waals surface area contributed by atoms with Gasteiger partial charge in [-0.15, -0.1) is 24.0 Å². The van der Waals surface area contributed by atoms with Crippen molar-refractivity contribution in [2.75, 3.05) is 13.7 Å². The van der Waals surface area contributed by atoms with Gasteiger partial charge >= 0.3 is 0 Å². The molecule has 1 aliphatic rings. The summed E-state index contributed by atoms with van der Waals surface area (Å²) in [5, 5.41) is 3.36. The van der Waals surface area contributed by atoms with Crippen molar-refractivity contribution >= 4 is 29.9 Å². The van der Waals surface area contributed by atoms with Crippen molar-refractivity contribution < 1.29 is 9.47 Å². The predicted molar refractivity (Wildman–Crippen MR) is 110 cm³/mol. The molecule has 1 fully saturated rings. The topological polar surface area (TPSA) is 68.9 Å². The Balaban J connectivity index is 0.00000288. The minimum absolute atomic E-state index is 0. The molecule has 0 heterocycles. The Morgan fingerprint density at radius 1 is 1.21 bits per heavy atom. The van der Waals surface area contributed by atoms with E-state index in [0.717, 1.165) is 17.1 Å². The number of hydrogen-bond donors (Lipinski definition) is 2. The molecule has 136 valence electrons. The minimum atomic E-state index is 0. The molecule has 0 spiro atoms. The number of hydrogen-bond acceptors (Lipinski definition) is 3. The SMILES string of the molecule is CCOc1cc(CN=C(N)NC2CCCCCC2)ccc1OC.I. The fraction of sp³-hybridized carbons (Fsp3) is 0.611. The number of nitrogens with zero attached hydrogens (tertiary/aromatic N) is 1. The first-order valence-electron chi connectivity index (χ1n) is 8.59. The van der Waals surface area contributed by atoms with Crippen LogP contribution in [0, 0.1) is 0 Å². The quantitative estimate of drug-likeness (QED) is 0.301. The van der Waals surface area contributed by atoms with Crippen molar-refractivity contribution in [2.24, 2.45) is 10.7 Å². The maximum absolute atomic E-state index is 6.04. The van der Waals surface area contributed by atoms with Gasteiger partial charge in [-0.2, -0.15) is 0 Å². The van der Waals surface area contributed by atoms with Crippen molar-refractivity contribution in [3.8, 4) is 11.5 Å². The Morgan fingerprint density at radius 3 is 2.54 bits per heavy atom. The molecule has 0 saturated heterocycles. The van der Waals surface area contributed by atoms with Crippen LogP contribution >= 0.6 is 24.0 Å². The van der Waals surface area contributed by atoms with Crippen LogP contribution in [0.15, 0.2) is 23.2 Å². The van der Waals surface area contributed by atoms with Crippen molar-refractivity contribution in [3.05, 3.63) is 23.8 Å². The second kappa shape index (κ2) is 11.4. The summed E-state index contributed by atoms with van der Waals surface area (Å²) in [4.78, 5) is 4.46. The van der Waals surface area contributed by atoms with E-state index < -0.39 is 0 Å². The van der Waals surface area contributed by atoms with Crippen LogP contribution in [0.2, 0.25) is 0 Å². The van der Waals surface area contributed by atoms with Gasteiger partial charge in [-0.3, -0.25) is 0 Å². The van der Waals surface area contributed by atoms with E-state index in [1.807, 2.05) is 25.1 Å². The number of guanidine groups is 1. The highest BCUT2D eigenvalue weighted by molar-refractivity contribution is 14.0. The average molecular weight is 447 g/mol. The Kier molecular flexibility index (Phi) is 9.90. The molecule has 24 heavy (non-hydrogen) atoms. The first kappa shape index (κ1) is 20.9. The van der Waals surface area contributed by atoms with Gasteiger partial charge in [0.05, 0.1) is 20.3 Å². The van der Waals surface area contributed by atoms with Gasteiger partial charge in [-0.05, 0) is 37.5 Å². The van der Waals surface area contributed by atoms with Crippen LogP contribution in [0.3, 0.4) is 0 Å². The maximum atomic E-state index is 6.04. The summed E-state index contributed by atoms with van der Waals surface area (Å²) in [6.45, 7) is 3.10. The monoisotopic (exact) mass is 447 g/mol. The lowest BCUT2D eigenvalue weighted by Gasteiger charge is -2.16. The fourth-order valence-corrected chi connectivity index (χ4v) is 2.94. The van der Waals surface area contributed by atoms with Gasteiger partial charge in [-0.25, -0.2) is 4.99 Å². The molecule has 3 N–H and O–H groups in total. The summed E-state index contributed by atoms with van der Waals surface area (Å²) in [5.41, 5.74) is 7.09. The van der Waals surface area contributed by atoms with E-state index in [4.69, 9.17) is 15.2 Å². The van der Waals surface area contributed by atoms with E-state index in [-0.39, 0.29) is 24.0 Å². The summed E-state index contributed by atoms with van der Waals surface area (Å²) >= 11 is 0. The molecule has 5 nitrogen and oxygen atoms in total. The highest BCUT2D eigenvalue weighted by Crippen LogP contribution is 2.28. The third-order valence-corrected chi connectivity index (χ3v) is 4.17. The largest absolute Gasteiger partial charge is 0.493 e. The standard InChI is InChI=1S/C18H29N3O2.HI/c1-3-23-17-12-14(10-11-16(17)22-2)13-20-18(19)21-15-8-6-4-5-7-9-15;/h10-12,15H,3-9,13H2,1-2H3,(H3,19,20,21);1H. The molecule has 0 unspecified atom stereocenters. The zero-order valence-electron chi connectivity index (χ0n) is 14.7. The maximum Gasteiger partial charge on any atom is 0.189 e. The van der Waals surface area contributed by atoms with Gasteiger partial charge in [0.1, 0.15) is 0 Å². The fourth-order valence-electron chi connectivity index (χ4n) is 2.94. The number of nitrogens with two attached hydrogens (primary N) is 1. The molecule has 1 aromatic rings. The van der Waals surface area contributed by atoms with Crippen molar-refractivity contribution in [2.45, 2.75) is 58.0 Å². The van der Waals surface area contributed by atoms with Gasteiger partial charge in [0.2, 0.25) is 0 Å². The second-order valence-corrected chi connectivity index (χ2v) is 5.95. The number of benzene rings is 1. The van der Waals surface area contributed by atoms with Crippen LogP contribution in [0.25, 0.3) is 0 Å². The molecular weight excluding hydrogens is 417 g/mol. The molecule has 2 rings (SSSR count). The van der Waals surface area contributed by atoms with Gasteiger partial charge in [-0.1, -0.05) is 31.7 Å². The van der Waals surface area contributed by atoms with Crippen LogP contribution in [0.4, 0.5) is 0 Å². The van der Waals surface area contributed by atoms with Crippen LogP contribution in [-0.2, 0) is 6.54 Å². The van der Waals surface area contributed by atoms with E-state index in [2.05, 4.69) is 10.3 Å². The molecular formula is C18H30IN3O2. The molecule has 0 aromatic heterocycles. The smallest absolute Gasteiger partial charge is 0.189 e. The van der Waals surface area contributed by atoms with Crippen LogP contribution in [-0.4, -0.2) is 25.7 Å². The number of methoxy groups -OCH3 is 1. The minimum Gasteiger partial charge on any atom is -0.493 e. The van der Waals surface area contributed by atoms with Crippen LogP contribution in [0.1, 0.15) is 51.0 Å². The third-order valence-electron chi connectivity index (χ3n) is 4.17. The molecule has 6 heteroatoms. The number of rotatable bonds is 6. The normalized spacial score (nSPS) is 16.0. The molecule has 1 aliphatic carbocycles. The summed E-state index contributed by atoms with van der Waals surface area (Å²) in [6.07, 6.45) is 7.60. The zero-order valence-corrected chi connectivity index (χ0v) is 17.0. The Hall–Kier alpha value is -1.18. The van der Waals surface area contributed by atoms with Crippen LogP contribution < -0.4 is 20.5 Å². The highest BCUT2D eigenvalue weighted by Gasteiger charge is 2.12. The first-order valence-corrected chi connectivity index (χ1v) is 8.59. The van der Waals surface area contributed by atoms with E-state index in [9.17, 15) is 0 Å². The van der Waals surface area contributed by atoms with E-state index >= 15 is 0 Å². The summed E-state index contributed by atoms with van der Waals surface area (Å²) in [5.74, 6) is 2.02. The lowest BCUT2D eigenvalue weighted by molar-refractivity contribution is 0.310. The summed E-state index contributed by atoms with van der Waals surface area (Å²) in [7, 11) is 1.64. The van der Waals surface area contributed by atoms with E-state index in [1.54, 1.807) is 7.11 Å². The van der Waals surface area contributed by atoms with Gasteiger partial charge in [0, 0.05) is 6.04 Å². The van der Waals surface area contributed by atoms with Crippen molar-refractivity contribution in [1.29, 1.82) is 0 Å². The molecule has 1 aromatic carbocycles. The van der Waals surface area contributed by atoms with Gasteiger partial charge in [0.15, 0.2) is 17.5 Å². The molecule has 0 bridgehead atoms. The first-order chi connectivity index (χ1) is 11.2.